The van der Waals surface area contributed by atoms with E-state index in [-0.39, 0.29) is 39.8 Å². The van der Waals surface area contributed by atoms with Gasteiger partial charge in [0.25, 0.3) is 18.3 Å². The minimum Gasteiger partial charge on any atom is -0.447 e. The van der Waals surface area contributed by atoms with Crippen molar-refractivity contribution in [3.05, 3.63) is 82.8 Å². The third-order valence-electron chi connectivity index (χ3n) is 8.50. The molecule has 6 rings (SSSR count). The highest BCUT2D eigenvalue weighted by molar-refractivity contribution is 6.32. The maximum Gasteiger partial charge on any atom is 0.407 e. The summed E-state index contributed by atoms with van der Waals surface area (Å²) in [5.74, 6) is -5.51. The number of amides is 2. The molecule has 18 heteroatoms. The van der Waals surface area contributed by atoms with E-state index in [2.05, 4.69) is 25.5 Å². The van der Waals surface area contributed by atoms with Gasteiger partial charge in [-0.2, -0.15) is 10.2 Å². The fourth-order valence-electron chi connectivity index (χ4n) is 6.13. The van der Waals surface area contributed by atoms with Gasteiger partial charge in [-0.15, -0.1) is 0 Å². The highest BCUT2D eigenvalue weighted by Gasteiger charge is 2.58. The zero-order valence-electron chi connectivity index (χ0n) is 27.7. The number of hydrogen-bond donors (Lipinski definition) is 2. The standard InChI is InChI=1S/C33H33ClF5N9O3/c1-31(2,3)15-32(18-6-7-19(21(35)12-18)22-9-10-46(4)45-22)28(49)47(29(40)44-32)24(14-51-30(50)43-25-13-33(25,38)39)17-5-8-20(34)23(11-17)48-27(26(36)37)41-16-42-48/h5-12,16,24-26H,13-15H2,1-4H3,(H2,40,44)(H,43,50)/t24-,25?,32-/m1/s1. The van der Waals surface area contributed by atoms with Crippen molar-refractivity contribution in [2.75, 3.05) is 6.61 Å². The Morgan fingerprint density at radius 1 is 1.18 bits per heavy atom. The van der Waals surface area contributed by atoms with Crippen molar-refractivity contribution in [1.82, 2.24) is 34.8 Å². The predicted octanol–water partition coefficient (Wildman–Crippen LogP) is 6.06. The Hall–Kier alpha value is -5.06. The van der Waals surface area contributed by atoms with E-state index in [0.29, 0.717) is 5.69 Å². The summed E-state index contributed by atoms with van der Waals surface area (Å²) in [6.45, 7) is 4.93. The Labute approximate surface area is 293 Å². The van der Waals surface area contributed by atoms with Crippen molar-refractivity contribution in [2.45, 2.75) is 63.6 Å². The van der Waals surface area contributed by atoms with Crippen molar-refractivity contribution in [3.8, 4) is 16.9 Å². The first-order chi connectivity index (χ1) is 23.9. The second-order valence-corrected chi connectivity index (χ2v) is 14.0. The fraction of sp³-hybridized carbons (Fsp3) is 0.394. The van der Waals surface area contributed by atoms with Gasteiger partial charge in [0.15, 0.2) is 17.3 Å². The minimum absolute atomic E-state index is 0.0144. The van der Waals surface area contributed by atoms with Crippen LogP contribution in [0.2, 0.25) is 5.02 Å². The first kappa shape index (κ1) is 35.8. The molecule has 0 radical (unpaired) electrons. The van der Waals surface area contributed by atoms with E-state index < -0.39 is 72.1 Å². The quantitative estimate of drug-likeness (QED) is 0.189. The molecule has 1 aliphatic heterocycles. The monoisotopic (exact) mass is 733 g/mol. The molecule has 2 amide bonds. The summed E-state index contributed by atoms with van der Waals surface area (Å²) in [6, 6.07) is 7.27. The van der Waals surface area contributed by atoms with Gasteiger partial charge in [0, 0.05) is 25.2 Å². The lowest BCUT2D eigenvalue weighted by molar-refractivity contribution is -0.135. The van der Waals surface area contributed by atoms with Crippen LogP contribution in [0.5, 0.6) is 0 Å². The van der Waals surface area contributed by atoms with E-state index in [1.807, 2.05) is 20.8 Å². The predicted molar refractivity (Wildman–Crippen MR) is 175 cm³/mol. The van der Waals surface area contributed by atoms with Gasteiger partial charge < -0.3 is 15.8 Å². The largest absolute Gasteiger partial charge is 0.447 e. The van der Waals surface area contributed by atoms with Gasteiger partial charge in [0.2, 0.25) is 0 Å². The van der Waals surface area contributed by atoms with Gasteiger partial charge in [0.1, 0.15) is 24.8 Å². The zero-order valence-corrected chi connectivity index (χ0v) is 28.5. The molecular formula is C33H33ClF5N9O3. The number of ether oxygens (including phenoxy) is 1. The second-order valence-electron chi connectivity index (χ2n) is 13.6. The number of aromatic nitrogens is 5. The number of nitrogens with two attached hydrogens (primary N) is 1. The molecule has 0 bridgehead atoms. The number of nitrogens with one attached hydrogen (secondary N) is 1. The highest BCUT2D eigenvalue weighted by Crippen LogP contribution is 2.46. The van der Waals surface area contributed by atoms with Gasteiger partial charge in [-0.3, -0.25) is 14.4 Å². The molecule has 3 atom stereocenters. The Balaban J connectivity index is 1.42. The summed E-state index contributed by atoms with van der Waals surface area (Å²) in [7, 11) is 1.69. The molecule has 1 unspecified atom stereocenters. The first-order valence-electron chi connectivity index (χ1n) is 15.7. The van der Waals surface area contributed by atoms with Crippen LogP contribution in [0.15, 0.2) is 60.0 Å². The number of carbonyl (C=O) groups excluding carboxylic acids is 2. The number of guanidine groups is 1. The molecule has 270 valence electrons. The lowest BCUT2D eigenvalue weighted by Gasteiger charge is -2.35. The van der Waals surface area contributed by atoms with Gasteiger partial charge in [-0.05, 0) is 53.3 Å². The molecule has 3 N–H and O–H groups in total. The van der Waals surface area contributed by atoms with Gasteiger partial charge in [-0.1, -0.05) is 44.5 Å². The Morgan fingerprint density at radius 3 is 2.51 bits per heavy atom. The molecular weight excluding hydrogens is 701 g/mol. The van der Waals surface area contributed by atoms with Crippen molar-refractivity contribution in [3.63, 3.8) is 0 Å². The number of alkyl carbamates (subject to hydrolysis) is 1. The maximum absolute atomic E-state index is 15.8. The fourth-order valence-corrected chi connectivity index (χ4v) is 6.32. The number of halogens is 6. The number of nitrogens with zero attached hydrogens (tertiary/aromatic N) is 7. The average molecular weight is 734 g/mol. The minimum atomic E-state index is -3.08. The molecule has 2 aromatic carbocycles. The molecule has 1 aliphatic carbocycles. The van der Waals surface area contributed by atoms with Crippen molar-refractivity contribution in [1.29, 1.82) is 0 Å². The van der Waals surface area contributed by atoms with E-state index in [1.165, 1.54) is 35.0 Å². The Bertz CT molecular complexity index is 2030. The van der Waals surface area contributed by atoms with E-state index in [0.717, 1.165) is 15.9 Å². The number of alkyl halides is 4. The van der Waals surface area contributed by atoms with Crippen LogP contribution in [0.3, 0.4) is 0 Å². The summed E-state index contributed by atoms with van der Waals surface area (Å²) in [4.78, 5) is 36.8. The lowest BCUT2D eigenvalue weighted by Crippen LogP contribution is -2.47. The molecule has 2 aromatic heterocycles. The van der Waals surface area contributed by atoms with Crippen LogP contribution in [0.25, 0.3) is 16.9 Å². The van der Waals surface area contributed by atoms with Crippen LogP contribution in [0.1, 0.15) is 63.0 Å². The van der Waals surface area contributed by atoms with Gasteiger partial charge in [0.05, 0.1) is 22.4 Å². The third kappa shape index (κ3) is 6.98. The first-order valence-corrected chi connectivity index (χ1v) is 16.1. The summed E-state index contributed by atoms with van der Waals surface area (Å²) in [5.41, 5.74) is 5.00. The number of aryl methyl sites for hydroxylation is 1. The van der Waals surface area contributed by atoms with E-state index in [9.17, 15) is 27.2 Å². The van der Waals surface area contributed by atoms with Crippen molar-refractivity contribution < 1.29 is 36.3 Å². The molecule has 0 saturated heterocycles. The Morgan fingerprint density at radius 2 is 1.90 bits per heavy atom. The van der Waals surface area contributed by atoms with E-state index in [4.69, 9.17) is 22.1 Å². The zero-order chi connectivity index (χ0) is 37.0. The van der Waals surface area contributed by atoms with Crippen molar-refractivity contribution in [2.24, 2.45) is 23.2 Å². The number of benzene rings is 2. The smallest absolute Gasteiger partial charge is 0.407 e. The van der Waals surface area contributed by atoms with E-state index >= 15 is 4.39 Å². The lowest BCUT2D eigenvalue weighted by atomic mass is 9.75. The molecule has 1 saturated carbocycles. The molecule has 2 aliphatic rings. The number of rotatable bonds is 10. The van der Waals surface area contributed by atoms with Gasteiger partial charge >= 0.3 is 6.09 Å². The third-order valence-corrected chi connectivity index (χ3v) is 8.82. The summed E-state index contributed by atoms with van der Waals surface area (Å²) in [6.07, 6.45) is -2.16. The number of carbonyl (C=O) groups is 2. The van der Waals surface area contributed by atoms with Crippen LogP contribution < -0.4 is 11.1 Å². The van der Waals surface area contributed by atoms with Crippen LogP contribution in [0.4, 0.5) is 26.7 Å². The van der Waals surface area contributed by atoms with Crippen LogP contribution in [-0.2, 0) is 22.1 Å². The summed E-state index contributed by atoms with van der Waals surface area (Å²) in [5, 5.41) is 10.2. The summed E-state index contributed by atoms with van der Waals surface area (Å²) >= 11 is 6.41. The summed E-state index contributed by atoms with van der Waals surface area (Å²) < 4.78 is 78.1. The molecule has 3 heterocycles. The van der Waals surface area contributed by atoms with Crippen LogP contribution in [0, 0.1) is 11.2 Å². The van der Waals surface area contributed by atoms with Gasteiger partial charge in [-0.25, -0.2) is 41.4 Å². The van der Waals surface area contributed by atoms with Crippen molar-refractivity contribution >= 4 is 29.6 Å². The van der Waals surface area contributed by atoms with E-state index in [1.54, 1.807) is 25.4 Å². The number of aliphatic imine (C=N–C) groups is 1. The Kier molecular flexibility index (Phi) is 9.06. The molecule has 1 fully saturated rings. The normalized spacial score (nSPS) is 20.5. The number of hydrogen-bond acceptors (Lipinski definition) is 8. The maximum atomic E-state index is 15.8. The SMILES string of the molecule is Cn1ccc(-c2ccc([C@@]3(CC(C)(C)C)N=C(N)N([C@H](COC(=O)NC4CC4(F)F)c4ccc(Cl)c(-n5ncnc5C(F)F)c4)C3=O)cc2F)n1. The molecule has 12 nitrogen and oxygen atoms in total. The topological polar surface area (TPSA) is 146 Å². The highest BCUT2D eigenvalue weighted by atomic mass is 35.5. The molecule has 0 spiro atoms. The van der Waals surface area contributed by atoms with Crippen LogP contribution in [-0.4, -0.2) is 66.0 Å². The second kappa shape index (κ2) is 12.9. The average Bonchev–Trinajstić information content (AvgIpc) is 3.44. The molecule has 4 aromatic rings. The molecule has 51 heavy (non-hydrogen) atoms. The van der Waals surface area contributed by atoms with Crippen LogP contribution >= 0.6 is 11.6 Å².